The summed E-state index contributed by atoms with van der Waals surface area (Å²) in [4.78, 5) is 4.80. The maximum Gasteiger partial charge on any atom is 0.119 e. The van der Waals surface area contributed by atoms with Crippen molar-refractivity contribution in [3.05, 3.63) is 59.9 Å². The van der Waals surface area contributed by atoms with Gasteiger partial charge in [-0.05, 0) is 50.1 Å². The van der Waals surface area contributed by atoms with Gasteiger partial charge >= 0.3 is 0 Å². The zero-order valence-corrected chi connectivity index (χ0v) is 14.6. The second-order valence-electron chi connectivity index (χ2n) is 6.47. The number of hydrogen-bond donors (Lipinski definition) is 1. The molecule has 2 aromatic carbocycles. The summed E-state index contributed by atoms with van der Waals surface area (Å²) in [6.45, 7) is 4.63. The summed E-state index contributed by atoms with van der Waals surface area (Å²) in [7, 11) is 2.06. The van der Waals surface area contributed by atoms with Crippen LogP contribution < -0.4 is 10.5 Å². The van der Waals surface area contributed by atoms with E-state index in [0.29, 0.717) is 6.54 Å². The van der Waals surface area contributed by atoms with Crippen LogP contribution in [0.1, 0.15) is 31.2 Å². The molecular weight excluding hydrogens is 298 g/mol. The molecule has 0 aliphatic carbocycles. The van der Waals surface area contributed by atoms with Crippen LogP contribution in [0, 0.1) is 0 Å². The van der Waals surface area contributed by atoms with E-state index in [2.05, 4.69) is 29.8 Å². The number of aryl methyl sites for hydroxylation is 1. The lowest BCUT2D eigenvalue weighted by atomic mass is 9.98. The highest BCUT2D eigenvalue weighted by Crippen LogP contribution is 2.25. The summed E-state index contributed by atoms with van der Waals surface area (Å²) >= 11 is 0. The molecule has 4 nitrogen and oxygen atoms in total. The Bertz CT molecular complexity index is 823. The molecule has 3 rings (SSSR count). The monoisotopic (exact) mass is 323 g/mol. The predicted octanol–water partition coefficient (Wildman–Crippen LogP) is 3.65. The number of nitrogens with zero attached hydrogens (tertiary/aromatic N) is 2. The number of ether oxygens (including phenoxy) is 1. The van der Waals surface area contributed by atoms with Gasteiger partial charge in [-0.25, -0.2) is 4.98 Å². The van der Waals surface area contributed by atoms with Crippen LogP contribution in [0.4, 0.5) is 0 Å². The number of rotatable bonds is 6. The lowest BCUT2D eigenvalue weighted by molar-refractivity contribution is 0.242. The summed E-state index contributed by atoms with van der Waals surface area (Å²) in [5.74, 6) is 2.12. The molecule has 126 valence electrons. The molecule has 1 heterocycles. The van der Waals surface area contributed by atoms with Crippen molar-refractivity contribution in [3.8, 4) is 5.75 Å². The van der Waals surface area contributed by atoms with Crippen LogP contribution in [-0.2, 0) is 13.5 Å². The Kier molecular flexibility index (Phi) is 4.86. The average Bonchev–Trinajstić information content (AvgIpc) is 2.90. The summed E-state index contributed by atoms with van der Waals surface area (Å²) in [6, 6.07) is 16.5. The second-order valence-corrected chi connectivity index (χ2v) is 6.47. The van der Waals surface area contributed by atoms with Gasteiger partial charge in [0.1, 0.15) is 11.6 Å². The number of nitrogens with two attached hydrogens (primary N) is 1. The SMILES string of the molecule is CC(C)Oc1cccc(CC(CN)c2nc3ccccc3n2C)c1. The van der Waals surface area contributed by atoms with Gasteiger partial charge in [0, 0.05) is 19.5 Å². The van der Waals surface area contributed by atoms with E-state index in [1.807, 2.05) is 44.2 Å². The molecule has 24 heavy (non-hydrogen) atoms. The van der Waals surface area contributed by atoms with E-state index in [-0.39, 0.29) is 12.0 Å². The van der Waals surface area contributed by atoms with Crippen molar-refractivity contribution >= 4 is 11.0 Å². The fourth-order valence-corrected chi connectivity index (χ4v) is 3.11. The molecule has 0 fully saturated rings. The van der Waals surface area contributed by atoms with Crippen molar-refractivity contribution in [2.75, 3.05) is 6.54 Å². The third-order valence-corrected chi connectivity index (χ3v) is 4.22. The number of para-hydroxylation sites is 2. The Balaban J connectivity index is 1.87. The summed E-state index contributed by atoms with van der Waals surface area (Å²) in [5, 5.41) is 0. The molecule has 1 atom stereocenters. The van der Waals surface area contributed by atoms with E-state index in [9.17, 15) is 0 Å². The fourth-order valence-electron chi connectivity index (χ4n) is 3.11. The minimum absolute atomic E-state index is 0.172. The lowest BCUT2D eigenvalue weighted by Gasteiger charge is -2.16. The van der Waals surface area contributed by atoms with E-state index >= 15 is 0 Å². The highest BCUT2D eigenvalue weighted by atomic mass is 16.5. The molecule has 3 aromatic rings. The first kappa shape index (κ1) is 16.5. The normalized spacial score (nSPS) is 12.7. The fraction of sp³-hybridized carbons (Fsp3) is 0.350. The van der Waals surface area contributed by atoms with Gasteiger partial charge in [-0.15, -0.1) is 0 Å². The van der Waals surface area contributed by atoms with Gasteiger partial charge in [0.15, 0.2) is 0 Å². The van der Waals surface area contributed by atoms with Crippen molar-refractivity contribution in [1.82, 2.24) is 9.55 Å². The highest BCUT2D eigenvalue weighted by Gasteiger charge is 2.18. The van der Waals surface area contributed by atoms with Crippen molar-refractivity contribution in [1.29, 1.82) is 0 Å². The van der Waals surface area contributed by atoms with Gasteiger partial charge in [-0.1, -0.05) is 24.3 Å². The largest absolute Gasteiger partial charge is 0.491 e. The molecule has 0 amide bonds. The van der Waals surface area contributed by atoms with Crippen LogP contribution in [0.2, 0.25) is 0 Å². The number of fused-ring (bicyclic) bond motifs is 1. The Labute approximate surface area is 143 Å². The molecule has 0 radical (unpaired) electrons. The van der Waals surface area contributed by atoms with Crippen molar-refractivity contribution in [2.45, 2.75) is 32.3 Å². The Morgan fingerprint density at radius 3 is 2.62 bits per heavy atom. The van der Waals surface area contributed by atoms with E-state index in [1.54, 1.807) is 0 Å². The van der Waals surface area contributed by atoms with Crippen LogP contribution in [0.25, 0.3) is 11.0 Å². The first-order valence-electron chi connectivity index (χ1n) is 8.45. The molecule has 0 aliphatic heterocycles. The smallest absolute Gasteiger partial charge is 0.119 e. The zero-order valence-electron chi connectivity index (χ0n) is 14.6. The predicted molar refractivity (Wildman–Crippen MR) is 98.4 cm³/mol. The van der Waals surface area contributed by atoms with Gasteiger partial charge < -0.3 is 15.0 Å². The summed E-state index contributed by atoms with van der Waals surface area (Å²) in [5.41, 5.74) is 9.46. The standard InChI is InChI=1S/C20H25N3O/c1-14(2)24-17-8-6-7-15(12-17)11-16(13-21)20-22-18-9-4-5-10-19(18)23(20)3/h4-10,12,14,16H,11,13,21H2,1-3H3. The number of imidazole rings is 1. The van der Waals surface area contributed by atoms with Gasteiger partial charge in [0.2, 0.25) is 0 Å². The molecule has 0 bridgehead atoms. The zero-order chi connectivity index (χ0) is 17.1. The second kappa shape index (κ2) is 7.05. The van der Waals surface area contributed by atoms with Crippen LogP contribution in [0.5, 0.6) is 5.75 Å². The average molecular weight is 323 g/mol. The Hall–Kier alpha value is -2.33. The van der Waals surface area contributed by atoms with Crippen molar-refractivity contribution < 1.29 is 4.74 Å². The molecule has 2 N–H and O–H groups in total. The summed E-state index contributed by atoms with van der Waals surface area (Å²) < 4.78 is 7.95. The third-order valence-electron chi connectivity index (χ3n) is 4.22. The van der Waals surface area contributed by atoms with Gasteiger partial charge in [0.05, 0.1) is 17.1 Å². The first-order valence-corrected chi connectivity index (χ1v) is 8.45. The van der Waals surface area contributed by atoms with Crippen molar-refractivity contribution in [2.24, 2.45) is 12.8 Å². The molecule has 0 spiro atoms. The highest BCUT2D eigenvalue weighted by molar-refractivity contribution is 5.75. The third kappa shape index (κ3) is 3.44. The van der Waals surface area contributed by atoms with Crippen LogP contribution in [-0.4, -0.2) is 22.2 Å². The molecular formula is C20H25N3O. The molecule has 0 aliphatic rings. The quantitative estimate of drug-likeness (QED) is 0.753. The molecule has 0 saturated heterocycles. The van der Waals surface area contributed by atoms with Crippen LogP contribution >= 0.6 is 0 Å². The lowest BCUT2D eigenvalue weighted by Crippen LogP contribution is -2.18. The molecule has 0 saturated carbocycles. The minimum atomic E-state index is 0.172. The van der Waals surface area contributed by atoms with Gasteiger partial charge in [-0.3, -0.25) is 0 Å². The van der Waals surface area contributed by atoms with Crippen LogP contribution in [0.3, 0.4) is 0 Å². The maximum atomic E-state index is 6.08. The molecule has 4 heteroatoms. The summed E-state index contributed by atoms with van der Waals surface area (Å²) in [6.07, 6.45) is 1.02. The number of hydrogen-bond acceptors (Lipinski definition) is 3. The number of benzene rings is 2. The van der Waals surface area contributed by atoms with E-state index in [4.69, 9.17) is 15.5 Å². The van der Waals surface area contributed by atoms with Crippen LogP contribution in [0.15, 0.2) is 48.5 Å². The van der Waals surface area contributed by atoms with Gasteiger partial charge in [-0.2, -0.15) is 0 Å². The van der Waals surface area contributed by atoms with E-state index in [0.717, 1.165) is 29.0 Å². The Morgan fingerprint density at radius 2 is 1.92 bits per heavy atom. The van der Waals surface area contributed by atoms with Gasteiger partial charge in [0.25, 0.3) is 0 Å². The van der Waals surface area contributed by atoms with E-state index in [1.165, 1.54) is 5.56 Å². The molecule has 1 aromatic heterocycles. The van der Waals surface area contributed by atoms with Crippen molar-refractivity contribution in [3.63, 3.8) is 0 Å². The first-order chi connectivity index (χ1) is 11.6. The Morgan fingerprint density at radius 1 is 1.12 bits per heavy atom. The van der Waals surface area contributed by atoms with E-state index < -0.39 is 0 Å². The maximum absolute atomic E-state index is 6.08. The minimum Gasteiger partial charge on any atom is -0.491 e. The number of aromatic nitrogens is 2. The molecule has 1 unspecified atom stereocenters. The topological polar surface area (TPSA) is 53.1 Å².